The van der Waals surface area contributed by atoms with E-state index in [-0.39, 0.29) is 24.4 Å². The van der Waals surface area contributed by atoms with Crippen molar-refractivity contribution in [2.75, 3.05) is 20.2 Å². The standard InChI is InChI=1S/C19H24N2O2S.ClH/c1-12-13(2)21(10-9-20-12)19(22)18-11-17(14(3)24-18)15-5-7-16(23-4)8-6-15;/h5-8,11-13,20H,9-10H2,1-4H3;1H. The van der Waals surface area contributed by atoms with E-state index >= 15 is 0 Å². The molecular weight excluding hydrogens is 356 g/mol. The topological polar surface area (TPSA) is 41.6 Å². The van der Waals surface area contributed by atoms with Crippen molar-refractivity contribution < 1.29 is 9.53 Å². The van der Waals surface area contributed by atoms with E-state index in [1.54, 1.807) is 18.4 Å². The highest BCUT2D eigenvalue weighted by Gasteiger charge is 2.29. The number of halogens is 1. The molecule has 2 heterocycles. The Hall–Kier alpha value is -1.56. The van der Waals surface area contributed by atoms with E-state index in [2.05, 4.69) is 26.1 Å². The number of carbonyl (C=O) groups excluding carboxylic acids is 1. The summed E-state index contributed by atoms with van der Waals surface area (Å²) in [7, 11) is 1.66. The number of carbonyl (C=O) groups is 1. The maximum absolute atomic E-state index is 12.9. The van der Waals surface area contributed by atoms with Gasteiger partial charge in [0.25, 0.3) is 5.91 Å². The van der Waals surface area contributed by atoms with Gasteiger partial charge in [-0.25, -0.2) is 0 Å². The summed E-state index contributed by atoms with van der Waals surface area (Å²) in [5.74, 6) is 0.982. The number of ether oxygens (including phenoxy) is 1. The van der Waals surface area contributed by atoms with Crippen LogP contribution in [0.4, 0.5) is 0 Å². The number of thiophene rings is 1. The van der Waals surface area contributed by atoms with Crippen LogP contribution in [0.5, 0.6) is 5.75 Å². The van der Waals surface area contributed by atoms with Crippen LogP contribution in [0.15, 0.2) is 30.3 Å². The molecule has 1 fully saturated rings. The zero-order valence-electron chi connectivity index (χ0n) is 15.0. The highest BCUT2D eigenvalue weighted by molar-refractivity contribution is 7.14. The van der Waals surface area contributed by atoms with E-state index in [0.29, 0.717) is 6.04 Å². The Kier molecular flexibility index (Phi) is 6.49. The predicted molar refractivity (Wildman–Crippen MR) is 106 cm³/mol. The van der Waals surface area contributed by atoms with Crippen LogP contribution in [-0.4, -0.2) is 43.1 Å². The zero-order chi connectivity index (χ0) is 17.3. The van der Waals surface area contributed by atoms with Gasteiger partial charge in [0.05, 0.1) is 12.0 Å². The molecule has 0 spiro atoms. The van der Waals surface area contributed by atoms with E-state index < -0.39 is 0 Å². The smallest absolute Gasteiger partial charge is 0.264 e. The number of piperazine rings is 1. The summed E-state index contributed by atoms with van der Waals surface area (Å²) in [5, 5.41) is 3.42. The van der Waals surface area contributed by atoms with E-state index in [9.17, 15) is 4.79 Å². The third kappa shape index (κ3) is 4.00. The van der Waals surface area contributed by atoms with Crippen LogP contribution in [0.3, 0.4) is 0 Å². The first kappa shape index (κ1) is 19.8. The van der Waals surface area contributed by atoms with Gasteiger partial charge in [0.15, 0.2) is 0 Å². The van der Waals surface area contributed by atoms with Crippen LogP contribution in [0, 0.1) is 6.92 Å². The first-order valence-corrected chi connectivity index (χ1v) is 9.12. The van der Waals surface area contributed by atoms with Gasteiger partial charge in [0.2, 0.25) is 0 Å². The maximum atomic E-state index is 12.9. The molecule has 2 unspecified atom stereocenters. The largest absolute Gasteiger partial charge is 0.497 e. The van der Waals surface area contributed by atoms with Gasteiger partial charge in [-0.3, -0.25) is 4.79 Å². The Bertz CT molecular complexity index is 730. The monoisotopic (exact) mass is 380 g/mol. The predicted octanol–water partition coefficient (Wildman–Crippen LogP) is 3.98. The van der Waals surface area contributed by atoms with E-state index in [0.717, 1.165) is 34.8 Å². The molecule has 0 saturated carbocycles. The summed E-state index contributed by atoms with van der Waals surface area (Å²) in [4.78, 5) is 16.9. The minimum absolute atomic E-state index is 0. The summed E-state index contributed by atoms with van der Waals surface area (Å²) < 4.78 is 5.22. The average Bonchev–Trinajstić information content (AvgIpc) is 2.98. The van der Waals surface area contributed by atoms with Crippen molar-refractivity contribution in [3.8, 4) is 16.9 Å². The quantitative estimate of drug-likeness (QED) is 0.875. The molecule has 25 heavy (non-hydrogen) atoms. The van der Waals surface area contributed by atoms with Crippen LogP contribution in [-0.2, 0) is 0 Å². The van der Waals surface area contributed by atoms with Crippen LogP contribution >= 0.6 is 23.7 Å². The van der Waals surface area contributed by atoms with Crippen LogP contribution < -0.4 is 10.1 Å². The SMILES string of the molecule is COc1ccc(-c2cc(C(=O)N3CCNC(C)C3C)sc2C)cc1.Cl. The van der Waals surface area contributed by atoms with E-state index in [1.807, 2.05) is 35.2 Å². The van der Waals surface area contributed by atoms with Crippen molar-refractivity contribution in [1.82, 2.24) is 10.2 Å². The maximum Gasteiger partial charge on any atom is 0.264 e. The van der Waals surface area contributed by atoms with Crippen molar-refractivity contribution >= 4 is 29.7 Å². The molecular formula is C19H25ClN2O2S. The molecule has 1 amide bonds. The third-order valence-electron chi connectivity index (χ3n) is 4.82. The lowest BCUT2D eigenvalue weighted by Crippen LogP contribution is -2.57. The lowest BCUT2D eigenvalue weighted by atomic mass is 10.1. The molecule has 1 aliphatic rings. The summed E-state index contributed by atoms with van der Waals surface area (Å²) in [6.45, 7) is 7.93. The highest BCUT2D eigenvalue weighted by Crippen LogP contribution is 2.33. The molecule has 1 aromatic heterocycles. The average molecular weight is 381 g/mol. The summed E-state index contributed by atoms with van der Waals surface area (Å²) >= 11 is 1.58. The summed E-state index contributed by atoms with van der Waals surface area (Å²) in [5.41, 5.74) is 2.24. The number of benzene rings is 1. The molecule has 1 aliphatic heterocycles. The second kappa shape index (κ2) is 8.21. The Morgan fingerprint density at radius 1 is 1.28 bits per heavy atom. The van der Waals surface area contributed by atoms with Gasteiger partial charge in [-0.15, -0.1) is 23.7 Å². The van der Waals surface area contributed by atoms with Gasteiger partial charge in [-0.1, -0.05) is 12.1 Å². The Labute approximate surface area is 159 Å². The number of nitrogens with zero attached hydrogens (tertiary/aromatic N) is 1. The first-order valence-electron chi connectivity index (χ1n) is 8.30. The number of rotatable bonds is 3. The Morgan fingerprint density at radius 3 is 2.60 bits per heavy atom. The number of methoxy groups -OCH3 is 1. The van der Waals surface area contributed by atoms with Crippen LogP contribution in [0.1, 0.15) is 28.4 Å². The summed E-state index contributed by atoms with van der Waals surface area (Å²) in [6, 6.07) is 10.5. The normalized spacial score (nSPS) is 20.1. The van der Waals surface area contributed by atoms with Gasteiger partial charge < -0.3 is 15.0 Å². The van der Waals surface area contributed by atoms with Crippen molar-refractivity contribution in [3.05, 3.63) is 40.1 Å². The fraction of sp³-hybridized carbons (Fsp3) is 0.421. The van der Waals surface area contributed by atoms with Crippen molar-refractivity contribution in [3.63, 3.8) is 0 Å². The van der Waals surface area contributed by atoms with Gasteiger partial charge in [-0.2, -0.15) is 0 Å². The fourth-order valence-corrected chi connectivity index (χ4v) is 4.13. The number of aryl methyl sites for hydroxylation is 1. The minimum Gasteiger partial charge on any atom is -0.497 e. The number of amides is 1. The van der Waals surface area contributed by atoms with Gasteiger partial charge in [-0.05, 0) is 50.1 Å². The number of hydrogen-bond donors (Lipinski definition) is 1. The fourth-order valence-electron chi connectivity index (χ4n) is 3.13. The summed E-state index contributed by atoms with van der Waals surface area (Å²) in [6.07, 6.45) is 0. The first-order chi connectivity index (χ1) is 11.5. The minimum atomic E-state index is 0. The zero-order valence-corrected chi connectivity index (χ0v) is 16.7. The number of hydrogen-bond acceptors (Lipinski definition) is 4. The molecule has 4 nitrogen and oxygen atoms in total. The van der Waals surface area contributed by atoms with Gasteiger partial charge in [0, 0.05) is 30.1 Å². The van der Waals surface area contributed by atoms with Crippen molar-refractivity contribution in [2.45, 2.75) is 32.9 Å². The van der Waals surface area contributed by atoms with E-state index in [1.165, 1.54) is 4.88 Å². The Morgan fingerprint density at radius 2 is 1.96 bits per heavy atom. The van der Waals surface area contributed by atoms with Gasteiger partial charge in [0.1, 0.15) is 5.75 Å². The molecule has 1 N–H and O–H groups in total. The van der Waals surface area contributed by atoms with Gasteiger partial charge >= 0.3 is 0 Å². The van der Waals surface area contributed by atoms with Crippen molar-refractivity contribution in [1.29, 1.82) is 0 Å². The molecule has 0 aliphatic carbocycles. The molecule has 0 radical (unpaired) electrons. The molecule has 136 valence electrons. The Balaban J connectivity index is 0.00000225. The molecule has 2 aromatic rings. The molecule has 3 rings (SSSR count). The number of nitrogens with one attached hydrogen (secondary N) is 1. The second-order valence-electron chi connectivity index (χ2n) is 6.29. The molecule has 0 bridgehead atoms. The second-order valence-corrected chi connectivity index (χ2v) is 7.55. The van der Waals surface area contributed by atoms with Crippen LogP contribution in [0.25, 0.3) is 11.1 Å². The van der Waals surface area contributed by atoms with Crippen LogP contribution in [0.2, 0.25) is 0 Å². The third-order valence-corrected chi connectivity index (χ3v) is 5.86. The molecule has 1 saturated heterocycles. The highest BCUT2D eigenvalue weighted by atomic mass is 35.5. The van der Waals surface area contributed by atoms with Crippen molar-refractivity contribution in [2.24, 2.45) is 0 Å². The lowest BCUT2D eigenvalue weighted by molar-refractivity contribution is 0.0608. The molecule has 6 heteroatoms. The lowest BCUT2D eigenvalue weighted by Gasteiger charge is -2.38. The molecule has 1 aromatic carbocycles. The molecule has 2 atom stereocenters. The van der Waals surface area contributed by atoms with E-state index in [4.69, 9.17) is 4.74 Å².